The minimum atomic E-state index is -0.201. The second kappa shape index (κ2) is 6.01. The molecular weight excluding hydrogens is 326 g/mol. The molecule has 0 saturated heterocycles. The molecule has 3 aromatic rings. The summed E-state index contributed by atoms with van der Waals surface area (Å²) in [5.74, 6) is 1.33. The number of anilines is 1. The Morgan fingerprint density at radius 1 is 1.25 bits per heavy atom. The highest BCUT2D eigenvalue weighted by molar-refractivity contribution is 7.18. The number of para-hydroxylation sites is 1. The molecule has 2 heterocycles. The molecule has 0 spiro atoms. The number of aromatic nitrogens is 1. The van der Waals surface area contributed by atoms with Crippen LogP contribution in [0.15, 0.2) is 42.5 Å². The molecule has 2 amide bonds. The molecule has 7 heteroatoms. The average molecular weight is 341 g/mol. The Hall–Kier alpha value is -2.80. The molecule has 0 atom stereocenters. The molecule has 122 valence electrons. The van der Waals surface area contributed by atoms with Crippen molar-refractivity contribution in [3.8, 4) is 11.5 Å². The van der Waals surface area contributed by atoms with Crippen molar-refractivity contribution >= 4 is 33.3 Å². The van der Waals surface area contributed by atoms with E-state index in [1.807, 2.05) is 24.3 Å². The molecule has 0 aliphatic carbocycles. The van der Waals surface area contributed by atoms with Crippen molar-refractivity contribution in [3.05, 3.63) is 47.5 Å². The third-order valence-electron chi connectivity index (χ3n) is 3.68. The van der Waals surface area contributed by atoms with E-state index in [0.717, 1.165) is 15.2 Å². The number of ether oxygens (including phenoxy) is 2. The number of amides is 2. The van der Waals surface area contributed by atoms with Gasteiger partial charge in [-0.1, -0.05) is 12.1 Å². The van der Waals surface area contributed by atoms with Crippen molar-refractivity contribution < 1.29 is 14.3 Å². The fourth-order valence-corrected chi connectivity index (χ4v) is 3.48. The minimum Gasteiger partial charge on any atom is -0.454 e. The van der Waals surface area contributed by atoms with Crippen molar-refractivity contribution in [1.29, 1.82) is 0 Å². The molecule has 0 saturated carbocycles. The van der Waals surface area contributed by atoms with E-state index in [2.05, 4.69) is 10.3 Å². The number of rotatable bonds is 3. The number of carbonyl (C=O) groups excluding carboxylic acids is 1. The van der Waals surface area contributed by atoms with Gasteiger partial charge in [-0.15, -0.1) is 11.3 Å². The number of hydrogen-bond acceptors (Lipinski definition) is 5. The van der Waals surface area contributed by atoms with Gasteiger partial charge in [-0.2, -0.15) is 0 Å². The molecule has 1 aliphatic heterocycles. The molecule has 1 N–H and O–H groups in total. The SMILES string of the molecule is CN(Cc1nc2ccccc2s1)C(=O)Nc1ccc2c(c1)OCO2. The van der Waals surface area contributed by atoms with Gasteiger partial charge in [-0.05, 0) is 24.3 Å². The van der Waals surface area contributed by atoms with E-state index < -0.39 is 0 Å². The first-order chi connectivity index (χ1) is 11.7. The molecule has 0 unspecified atom stereocenters. The summed E-state index contributed by atoms with van der Waals surface area (Å²) in [5.41, 5.74) is 1.63. The maximum Gasteiger partial charge on any atom is 0.321 e. The number of nitrogens with zero attached hydrogens (tertiary/aromatic N) is 2. The Balaban J connectivity index is 1.44. The van der Waals surface area contributed by atoms with Crippen LogP contribution in [0.1, 0.15) is 5.01 Å². The summed E-state index contributed by atoms with van der Waals surface area (Å²) < 4.78 is 11.7. The second-order valence-electron chi connectivity index (χ2n) is 5.43. The van der Waals surface area contributed by atoms with Gasteiger partial charge in [0.1, 0.15) is 5.01 Å². The van der Waals surface area contributed by atoms with E-state index in [9.17, 15) is 4.79 Å². The van der Waals surface area contributed by atoms with Crippen molar-refractivity contribution in [2.24, 2.45) is 0 Å². The van der Waals surface area contributed by atoms with Crippen molar-refractivity contribution in [3.63, 3.8) is 0 Å². The first-order valence-corrected chi connectivity index (χ1v) is 8.27. The highest BCUT2D eigenvalue weighted by Gasteiger charge is 2.16. The Morgan fingerprint density at radius 2 is 2.08 bits per heavy atom. The molecule has 24 heavy (non-hydrogen) atoms. The average Bonchev–Trinajstić information content (AvgIpc) is 3.19. The highest BCUT2D eigenvalue weighted by Crippen LogP contribution is 2.34. The van der Waals surface area contributed by atoms with Crippen molar-refractivity contribution in [2.75, 3.05) is 19.2 Å². The summed E-state index contributed by atoms with van der Waals surface area (Å²) in [6.45, 7) is 0.667. The van der Waals surface area contributed by atoms with Crippen LogP contribution in [-0.2, 0) is 6.54 Å². The van der Waals surface area contributed by atoms with Crippen molar-refractivity contribution in [2.45, 2.75) is 6.54 Å². The molecule has 6 nitrogen and oxygen atoms in total. The maximum atomic E-state index is 12.4. The summed E-state index contributed by atoms with van der Waals surface area (Å²) in [4.78, 5) is 18.5. The predicted octanol–water partition coefficient (Wildman–Crippen LogP) is 3.69. The van der Waals surface area contributed by atoms with E-state index in [1.54, 1.807) is 41.5 Å². The number of benzene rings is 2. The van der Waals surface area contributed by atoms with E-state index in [4.69, 9.17) is 9.47 Å². The molecular formula is C17H15N3O3S. The maximum absolute atomic E-state index is 12.4. The lowest BCUT2D eigenvalue weighted by Crippen LogP contribution is -2.30. The predicted molar refractivity (Wildman–Crippen MR) is 92.7 cm³/mol. The molecule has 2 aromatic carbocycles. The summed E-state index contributed by atoms with van der Waals surface area (Å²) in [5, 5.41) is 3.76. The lowest BCUT2D eigenvalue weighted by molar-refractivity contribution is 0.174. The van der Waals surface area contributed by atoms with E-state index in [-0.39, 0.29) is 12.8 Å². The normalized spacial score (nSPS) is 12.4. The van der Waals surface area contributed by atoms with Crippen LogP contribution in [0, 0.1) is 0 Å². The Morgan fingerprint density at radius 3 is 2.96 bits per heavy atom. The zero-order valence-corrected chi connectivity index (χ0v) is 13.8. The van der Waals surface area contributed by atoms with Gasteiger partial charge < -0.3 is 19.7 Å². The summed E-state index contributed by atoms with van der Waals surface area (Å²) in [6, 6.07) is 13.1. The van der Waals surface area contributed by atoms with E-state index >= 15 is 0 Å². The van der Waals surface area contributed by atoms with Crippen LogP contribution in [-0.4, -0.2) is 29.8 Å². The lowest BCUT2D eigenvalue weighted by atomic mass is 10.3. The van der Waals surface area contributed by atoms with Gasteiger partial charge in [0.25, 0.3) is 0 Å². The lowest BCUT2D eigenvalue weighted by Gasteiger charge is -2.16. The van der Waals surface area contributed by atoms with Crippen LogP contribution in [0.2, 0.25) is 0 Å². The number of urea groups is 1. The van der Waals surface area contributed by atoms with E-state index in [1.165, 1.54) is 0 Å². The fraction of sp³-hybridized carbons (Fsp3) is 0.176. The van der Waals surface area contributed by atoms with Gasteiger partial charge in [0.2, 0.25) is 6.79 Å². The fourth-order valence-electron chi connectivity index (χ4n) is 2.46. The van der Waals surface area contributed by atoms with Gasteiger partial charge in [0.15, 0.2) is 11.5 Å². The summed E-state index contributed by atoms with van der Waals surface area (Å²) >= 11 is 1.60. The number of hydrogen-bond donors (Lipinski definition) is 1. The monoisotopic (exact) mass is 341 g/mol. The van der Waals surface area contributed by atoms with Gasteiger partial charge >= 0.3 is 6.03 Å². The smallest absolute Gasteiger partial charge is 0.321 e. The minimum absolute atomic E-state index is 0.201. The number of carbonyl (C=O) groups is 1. The number of nitrogens with one attached hydrogen (secondary N) is 1. The molecule has 0 bridgehead atoms. The van der Waals surface area contributed by atoms with Crippen molar-refractivity contribution in [1.82, 2.24) is 9.88 Å². The molecule has 1 aliphatic rings. The quantitative estimate of drug-likeness (QED) is 0.789. The van der Waals surface area contributed by atoms with Crippen LogP contribution in [0.3, 0.4) is 0 Å². The second-order valence-corrected chi connectivity index (χ2v) is 6.54. The molecule has 0 radical (unpaired) electrons. The third-order valence-corrected chi connectivity index (χ3v) is 4.70. The van der Waals surface area contributed by atoms with Gasteiger partial charge in [-0.3, -0.25) is 0 Å². The van der Waals surface area contributed by atoms with Gasteiger partial charge in [0, 0.05) is 18.8 Å². The standard InChI is InChI=1S/C17H15N3O3S/c1-20(9-16-19-12-4-2-3-5-15(12)24-16)17(21)18-11-6-7-13-14(8-11)23-10-22-13/h2-8H,9-10H2,1H3,(H,18,21). The third kappa shape index (κ3) is 2.85. The first kappa shape index (κ1) is 14.8. The Bertz CT molecular complexity index is 876. The summed E-state index contributed by atoms with van der Waals surface area (Å²) in [6.07, 6.45) is 0. The van der Waals surface area contributed by atoms with Gasteiger partial charge in [-0.25, -0.2) is 9.78 Å². The number of thiazole rings is 1. The van der Waals surface area contributed by atoms with E-state index in [0.29, 0.717) is 23.7 Å². The van der Waals surface area contributed by atoms with Crippen LogP contribution in [0.4, 0.5) is 10.5 Å². The highest BCUT2D eigenvalue weighted by atomic mass is 32.1. The zero-order valence-electron chi connectivity index (χ0n) is 13.0. The Kier molecular flexibility index (Phi) is 3.70. The van der Waals surface area contributed by atoms with Gasteiger partial charge in [0.05, 0.1) is 16.8 Å². The van der Waals surface area contributed by atoms with Crippen LogP contribution >= 0.6 is 11.3 Å². The van der Waals surface area contributed by atoms with Crippen LogP contribution < -0.4 is 14.8 Å². The molecule has 4 rings (SSSR count). The largest absolute Gasteiger partial charge is 0.454 e. The number of fused-ring (bicyclic) bond motifs is 2. The van der Waals surface area contributed by atoms with Crippen LogP contribution in [0.25, 0.3) is 10.2 Å². The first-order valence-electron chi connectivity index (χ1n) is 7.45. The Labute approximate surface area is 142 Å². The molecule has 1 aromatic heterocycles. The topological polar surface area (TPSA) is 63.7 Å². The zero-order chi connectivity index (χ0) is 16.5. The molecule has 0 fully saturated rings. The van der Waals surface area contributed by atoms with Crippen LogP contribution in [0.5, 0.6) is 11.5 Å². The summed E-state index contributed by atoms with van der Waals surface area (Å²) in [7, 11) is 1.74.